The number of nitrogens with zero attached hydrogens (tertiary/aromatic N) is 2. The molecule has 4 amide bonds. The van der Waals surface area contributed by atoms with Gasteiger partial charge < -0.3 is 29.7 Å². The van der Waals surface area contributed by atoms with Gasteiger partial charge in [-0.1, -0.05) is 51.1 Å². The lowest BCUT2D eigenvalue weighted by Gasteiger charge is -2.33. The molecule has 4 aliphatic carbocycles. The Kier molecular flexibility index (Phi) is 10.9. The first-order valence-electron chi connectivity index (χ1n) is 20.8. The summed E-state index contributed by atoms with van der Waals surface area (Å²) < 4.78 is 46.4. The zero-order valence-electron chi connectivity index (χ0n) is 33.0. The van der Waals surface area contributed by atoms with E-state index in [1.807, 2.05) is 50.3 Å². The van der Waals surface area contributed by atoms with Gasteiger partial charge in [0, 0.05) is 23.1 Å². The van der Waals surface area contributed by atoms with E-state index in [2.05, 4.69) is 27.3 Å². The van der Waals surface area contributed by atoms with E-state index in [4.69, 9.17) is 14.2 Å². The predicted octanol–water partition coefficient (Wildman–Crippen LogP) is 4.76. The van der Waals surface area contributed by atoms with Crippen molar-refractivity contribution < 1.29 is 41.8 Å². The number of hydrogen-bond acceptors (Lipinski definition) is 10. The standard InChI is InChI=1S/C42H55N5O9S/c1-4-15-54-35-22-43-38(33-12-8-7-11-32(33)35)55-30-20-34-37(48)45-42(40(50)46-57(52,53)31-13-14-31)21-28(42)10-6-5-9-24(2)16-25(3)36(39(49)47(34)23-30)44-41(51)56-29-18-26-17-27(26)19-29/h6-8,10-12,22,24-31,34,36H,4-5,9,13-21,23H2,1-3H3,(H,44,51)(H,45,48)(H,46,50)/b10-6-/t24-,25-,26-,27+,28?,29+,30-,34+,36+,42-/m1/s1. The molecule has 0 bridgehead atoms. The molecule has 1 aromatic heterocycles. The van der Waals surface area contributed by atoms with E-state index in [0.29, 0.717) is 61.1 Å². The SMILES string of the molecule is CCCOc1cnc(O[C@@H]2C[C@H]3C(=O)N[C@]4(C(=O)NS(=O)(=O)C5CC5)CC4/C=C\CC[C@@H](C)C[C@@H](C)[C@H](NC(=O)O[C@@H]4C[C@@H]5C[C@@H]5C4)C(=O)N3C2)c2ccccc12. The zero-order valence-corrected chi connectivity index (χ0v) is 33.8. The smallest absolute Gasteiger partial charge is 0.408 e. The molecule has 2 aliphatic heterocycles. The van der Waals surface area contributed by atoms with Crippen molar-refractivity contribution in [1.29, 1.82) is 0 Å². The van der Waals surface area contributed by atoms with Crippen molar-refractivity contribution in [2.75, 3.05) is 13.2 Å². The van der Waals surface area contributed by atoms with Gasteiger partial charge in [-0.15, -0.1) is 0 Å². The first kappa shape index (κ1) is 39.4. The fourth-order valence-corrected chi connectivity index (χ4v) is 10.6. The summed E-state index contributed by atoms with van der Waals surface area (Å²) in [6.07, 6.45) is 11.0. The maximum Gasteiger partial charge on any atom is 0.408 e. The number of fused-ring (bicyclic) bond motifs is 4. The van der Waals surface area contributed by atoms with Crippen molar-refractivity contribution >= 4 is 44.6 Å². The Morgan fingerprint density at radius 3 is 2.49 bits per heavy atom. The highest BCUT2D eigenvalue weighted by Crippen LogP contribution is 2.52. The Labute approximate surface area is 334 Å². The number of aromatic nitrogens is 1. The summed E-state index contributed by atoms with van der Waals surface area (Å²) in [5.74, 6) is -0.252. The van der Waals surface area contributed by atoms with Gasteiger partial charge in [0.1, 0.15) is 35.6 Å². The minimum absolute atomic E-state index is 0.00108. The van der Waals surface area contributed by atoms with E-state index in [9.17, 15) is 27.6 Å². The van der Waals surface area contributed by atoms with Gasteiger partial charge in [-0.05, 0) is 93.9 Å². The van der Waals surface area contributed by atoms with Crippen LogP contribution in [-0.4, -0.2) is 90.3 Å². The average molecular weight is 806 g/mol. The van der Waals surface area contributed by atoms with Crippen LogP contribution in [0.2, 0.25) is 0 Å². The number of allylic oxidation sites excluding steroid dienone is 1. The van der Waals surface area contributed by atoms with Crippen LogP contribution >= 0.6 is 0 Å². The molecular weight excluding hydrogens is 751 g/mol. The van der Waals surface area contributed by atoms with Gasteiger partial charge in [-0.25, -0.2) is 18.2 Å². The molecule has 15 heteroatoms. The van der Waals surface area contributed by atoms with Crippen molar-refractivity contribution in [3.8, 4) is 11.6 Å². The quantitative estimate of drug-likeness (QED) is 0.283. The molecule has 1 unspecified atom stereocenters. The summed E-state index contributed by atoms with van der Waals surface area (Å²) in [6.45, 7) is 6.58. The largest absolute Gasteiger partial charge is 0.491 e. The maximum atomic E-state index is 14.9. The van der Waals surface area contributed by atoms with Crippen molar-refractivity contribution in [2.24, 2.45) is 29.6 Å². The molecule has 57 heavy (non-hydrogen) atoms. The lowest BCUT2D eigenvalue weighted by atomic mass is 9.88. The zero-order chi connectivity index (χ0) is 40.1. The first-order chi connectivity index (χ1) is 27.3. The number of sulfonamides is 1. The number of amides is 4. The fraction of sp³-hybridized carbons (Fsp3) is 0.643. The molecule has 6 aliphatic rings. The number of pyridine rings is 1. The van der Waals surface area contributed by atoms with Crippen LogP contribution in [0.4, 0.5) is 4.79 Å². The van der Waals surface area contributed by atoms with Gasteiger partial charge in [-0.3, -0.25) is 19.1 Å². The highest BCUT2D eigenvalue weighted by atomic mass is 32.2. The number of alkyl carbamates (subject to hydrolysis) is 1. The summed E-state index contributed by atoms with van der Waals surface area (Å²) in [7, 11) is -3.90. The van der Waals surface area contributed by atoms with E-state index in [1.54, 1.807) is 6.20 Å². The Morgan fingerprint density at radius 1 is 1.00 bits per heavy atom. The van der Waals surface area contributed by atoms with Crippen molar-refractivity contribution in [1.82, 2.24) is 25.2 Å². The summed E-state index contributed by atoms with van der Waals surface area (Å²) in [5, 5.41) is 6.73. The molecule has 1 aromatic carbocycles. The summed E-state index contributed by atoms with van der Waals surface area (Å²) in [5.41, 5.74) is -1.50. The lowest BCUT2D eigenvalue weighted by molar-refractivity contribution is -0.142. The van der Waals surface area contributed by atoms with Gasteiger partial charge in [0.2, 0.25) is 27.7 Å². The van der Waals surface area contributed by atoms with Crippen LogP contribution < -0.4 is 24.8 Å². The minimum Gasteiger partial charge on any atom is -0.491 e. The van der Waals surface area contributed by atoms with Gasteiger partial charge in [0.15, 0.2) is 0 Å². The number of benzene rings is 1. The van der Waals surface area contributed by atoms with Crippen molar-refractivity contribution in [3.05, 3.63) is 42.6 Å². The second-order valence-electron chi connectivity index (χ2n) is 17.5. The maximum absolute atomic E-state index is 14.9. The number of hydrogen-bond donors (Lipinski definition) is 3. The Bertz CT molecular complexity index is 2030. The third-order valence-electron chi connectivity index (χ3n) is 12.8. The summed E-state index contributed by atoms with van der Waals surface area (Å²) in [4.78, 5) is 62.8. The third kappa shape index (κ3) is 8.45. The molecule has 8 rings (SSSR count). The van der Waals surface area contributed by atoms with Gasteiger partial charge in [-0.2, -0.15) is 0 Å². The Morgan fingerprint density at radius 2 is 1.75 bits per heavy atom. The number of ether oxygens (including phenoxy) is 3. The van der Waals surface area contributed by atoms with Crippen LogP contribution in [0.3, 0.4) is 0 Å². The topological polar surface area (TPSA) is 182 Å². The minimum atomic E-state index is -3.90. The fourth-order valence-electron chi connectivity index (χ4n) is 9.29. The van der Waals surface area contributed by atoms with Crippen molar-refractivity contribution in [2.45, 2.75) is 126 Å². The molecule has 3 heterocycles. The van der Waals surface area contributed by atoms with Crippen molar-refractivity contribution in [3.63, 3.8) is 0 Å². The van der Waals surface area contributed by atoms with Gasteiger partial charge in [0.05, 0.1) is 24.6 Å². The van der Waals surface area contributed by atoms with E-state index in [1.165, 1.54) is 11.3 Å². The van der Waals surface area contributed by atoms with Gasteiger partial charge >= 0.3 is 6.09 Å². The lowest BCUT2D eigenvalue weighted by Crippen LogP contribution is -2.59. The molecule has 2 aromatic rings. The van der Waals surface area contributed by atoms with Crippen LogP contribution in [0.15, 0.2) is 42.6 Å². The number of carbonyl (C=O) groups excluding carboxylic acids is 4. The van der Waals surface area contributed by atoms with Crippen LogP contribution in [0.25, 0.3) is 10.8 Å². The normalized spacial score (nSPS) is 34.4. The molecule has 4 saturated carbocycles. The third-order valence-corrected chi connectivity index (χ3v) is 14.6. The molecule has 3 N–H and O–H groups in total. The highest BCUT2D eigenvalue weighted by Gasteiger charge is 2.62. The molecule has 14 nitrogen and oxygen atoms in total. The number of rotatable bonds is 10. The Balaban J connectivity index is 1.10. The molecule has 308 valence electrons. The number of nitrogens with one attached hydrogen (secondary N) is 3. The van der Waals surface area contributed by atoms with E-state index >= 15 is 0 Å². The molecule has 1 saturated heterocycles. The second-order valence-corrected chi connectivity index (χ2v) is 19.4. The highest BCUT2D eigenvalue weighted by molar-refractivity contribution is 7.91. The monoisotopic (exact) mass is 805 g/mol. The molecule has 0 radical (unpaired) electrons. The average Bonchev–Trinajstić information content (AvgIpc) is 4.14. The van der Waals surface area contributed by atoms with Crippen LogP contribution in [0.5, 0.6) is 11.6 Å². The second kappa shape index (κ2) is 15.7. The molecule has 10 atom stereocenters. The van der Waals surface area contributed by atoms with E-state index in [-0.39, 0.29) is 37.3 Å². The summed E-state index contributed by atoms with van der Waals surface area (Å²) >= 11 is 0. The molecule has 0 spiro atoms. The van der Waals surface area contributed by atoms with E-state index in [0.717, 1.165) is 31.1 Å². The van der Waals surface area contributed by atoms with Crippen LogP contribution in [-0.2, 0) is 29.1 Å². The van der Waals surface area contributed by atoms with Crippen LogP contribution in [0.1, 0.15) is 91.4 Å². The molecular formula is C42H55N5O9S. The van der Waals surface area contributed by atoms with Crippen LogP contribution in [0, 0.1) is 29.6 Å². The predicted molar refractivity (Wildman–Crippen MR) is 210 cm³/mol. The summed E-state index contributed by atoms with van der Waals surface area (Å²) in [6, 6.07) is 5.46. The van der Waals surface area contributed by atoms with E-state index < -0.39 is 68.7 Å². The number of carbonyl (C=O) groups is 4. The Hall–Kier alpha value is -4.40. The van der Waals surface area contributed by atoms with Gasteiger partial charge in [0.25, 0.3) is 5.91 Å². The molecule has 5 fully saturated rings. The first-order valence-corrected chi connectivity index (χ1v) is 22.4.